The van der Waals surface area contributed by atoms with Gasteiger partial charge in [0.2, 0.25) is 0 Å². The summed E-state index contributed by atoms with van der Waals surface area (Å²) in [5.74, 6) is -2.67. The van der Waals surface area contributed by atoms with Gasteiger partial charge in [-0.15, -0.1) is 0 Å². The molecule has 128 valence electrons. The molecule has 1 aromatic heterocycles. The van der Waals surface area contributed by atoms with Crippen molar-refractivity contribution in [3.05, 3.63) is 75.6 Å². The number of hydrogen-bond donors (Lipinski definition) is 0. The van der Waals surface area contributed by atoms with Crippen molar-refractivity contribution >= 4 is 16.9 Å². The van der Waals surface area contributed by atoms with E-state index in [0.29, 0.717) is 12.5 Å². The third-order valence-electron chi connectivity index (χ3n) is 3.68. The summed E-state index contributed by atoms with van der Waals surface area (Å²) in [6.45, 7) is 1.99. The van der Waals surface area contributed by atoms with E-state index >= 15 is 0 Å². The zero-order valence-electron chi connectivity index (χ0n) is 13.3. The van der Waals surface area contributed by atoms with Gasteiger partial charge >= 0.3 is 11.6 Å². The minimum atomic E-state index is -1.01. The number of aryl methyl sites for hydroxylation is 1. The van der Waals surface area contributed by atoms with Crippen molar-refractivity contribution in [2.24, 2.45) is 0 Å². The molecular formula is C19H14F2O4. The Morgan fingerprint density at radius 2 is 1.92 bits per heavy atom. The van der Waals surface area contributed by atoms with Gasteiger partial charge in [0.15, 0.2) is 0 Å². The van der Waals surface area contributed by atoms with Crippen LogP contribution in [0.15, 0.2) is 51.7 Å². The van der Waals surface area contributed by atoms with Crippen LogP contribution in [0.1, 0.15) is 29.3 Å². The molecule has 0 N–H and O–H groups in total. The summed E-state index contributed by atoms with van der Waals surface area (Å²) < 4.78 is 36.8. The van der Waals surface area contributed by atoms with E-state index in [0.717, 1.165) is 29.5 Å². The molecule has 0 aliphatic carbocycles. The van der Waals surface area contributed by atoms with Gasteiger partial charge in [0.25, 0.3) is 0 Å². The Morgan fingerprint density at radius 3 is 2.64 bits per heavy atom. The number of rotatable bonds is 4. The quantitative estimate of drug-likeness (QED) is 0.403. The van der Waals surface area contributed by atoms with Crippen molar-refractivity contribution < 1.29 is 22.7 Å². The second-order valence-electron chi connectivity index (χ2n) is 5.51. The van der Waals surface area contributed by atoms with Gasteiger partial charge < -0.3 is 9.15 Å². The van der Waals surface area contributed by atoms with Crippen molar-refractivity contribution in [3.63, 3.8) is 0 Å². The van der Waals surface area contributed by atoms with Crippen LogP contribution in [0.25, 0.3) is 11.0 Å². The fraction of sp³-hybridized carbons (Fsp3) is 0.158. The molecule has 25 heavy (non-hydrogen) atoms. The van der Waals surface area contributed by atoms with E-state index in [1.165, 1.54) is 18.2 Å². The SMILES string of the molecule is CCCc1cc(=O)oc2cc(OC(=O)c3ccc(F)cc3F)ccc12. The molecular weight excluding hydrogens is 330 g/mol. The minimum Gasteiger partial charge on any atom is -0.423 e. The van der Waals surface area contributed by atoms with Crippen molar-refractivity contribution in [2.45, 2.75) is 19.8 Å². The van der Waals surface area contributed by atoms with Gasteiger partial charge in [0, 0.05) is 23.6 Å². The first kappa shape index (κ1) is 16.8. The lowest BCUT2D eigenvalue weighted by molar-refractivity contribution is 0.0730. The highest BCUT2D eigenvalue weighted by atomic mass is 19.1. The number of fused-ring (bicyclic) bond motifs is 1. The number of carbonyl (C=O) groups excluding carboxylic acids is 1. The Labute approximate surface area is 141 Å². The first-order valence-corrected chi connectivity index (χ1v) is 7.72. The number of carbonyl (C=O) groups is 1. The molecule has 0 atom stereocenters. The average Bonchev–Trinajstić information content (AvgIpc) is 2.54. The smallest absolute Gasteiger partial charge is 0.346 e. The molecule has 0 bridgehead atoms. The Morgan fingerprint density at radius 1 is 1.12 bits per heavy atom. The van der Waals surface area contributed by atoms with Crippen molar-refractivity contribution in [3.8, 4) is 5.75 Å². The zero-order valence-corrected chi connectivity index (χ0v) is 13.3. The first-order valence-electron chi connectivity index (χ1n) is 7.72. The summed E-state index contributed by atoms with van der Waals surface area (Å²) in [5, 5.41) is 0.745. The summed E-state index contributed by atoms with van der Waals surface area (Å²) in [7, 11) is 0. The molecule has 4 nitrogen and oxygen atoms in total. The average molecular weight is 344 g/mol. The Bertz CT molecular complexity index is 1010. The molecule has 3 rings (SSSR count). The van der Waals surface area contributed by atoms with Gasteiger partial charge in [0.05, 0.1) is 5.56 Å². The summed E-state index contributed by atoms with van der Waals surface area (Å²) >= 11 is 0. The molecule has 0 saturated carbocycles. The topological polar surface area (TPSA) is 56.5 Å². The maximum Gasteiger partial charge on any atom is 0.346 e. The van der Waals surface area contributed by atoms with Crippen LogP contribution in [0, 0.1) is 11.6 Å². The van der Waals surface area contributed by atoms with E-state index in [-0.39, 0.29) is 16.9 Å². The van der Waals surface area contributed by atoms with Gasteiger partial charge in [-0.25, -0.2) is 18.4 Å². The van der Waals surface area contributed by atoms with E-state index < -0.39 is 23.2 Å². The molecule has 2 aromatic carbocycles. The molecule has 0 amide bonds. The summed E-state index contributed by atoms with van der Waals surface area (Å²) in [5.41, 5.74) is 0.240. The van der Waals surface area contributed by atoms with Crippen LogP contribution in [0.4, 0.5) is 8.78 Å². The third-order valence-corrected chi connectivity index (χ3v) is 3.68. The second-order valence-corrected chi connectivity index (χ2v) is 5.51. The van der Waals surface area contributed by atoms with Crippen LogP contribution in [-0.4, -0.2) is 5.97 Å². The van der Waals surface area contributed by atoms with E-state index in [9.17, 15) is 18.4 Å². The van der Waals surface area contributed by atoms with Crippen LogP contribution in [0.2, 0.25) is 0 Å². The van der Waals surface area contributed by atoms with E-state index in [1.54, 1.807) is 6.07 Å². The predicted molar refractivity (Wildman–Crippen MR) is 87.8 cm³/mol. The van der Waals surface area contributed by atoms with E-state index in [2.05, 4.69) is 0 Å². The van der Waals surface area contributed by atoms with Crippen molar-refractivity contribution in [2.75, 3.05) is 0 Å². The molecule has 0 unspecified atom stereocenters. The maximum atomic E-state index is 13.6. The number of halogens is 2. The molecule has 0 saturated heterocycles. The summed E-state index contributed by atoms with van der Waals surface area (Å²) in [4.78, 5) is 23.7. The Balaban J connectivity index is 1.94. The molecule has 0 spiro atoms. The van der Waals surface area contributed by atoms with Crippen LogP contribution >= 0.6 is 0 Å². The fourth-order valence-corrected chi connectivity index (χ4v) is 2.57. The first-order chi connectivity index (χ1) is 12.0. The van der Waals surface area contributed by atoms with Crippen molar-refractivity contribution in [1.29, 1.82) is 0 Å². The molecule has 0 radical (unpaired) electrons. The summed E-state index contributed by atoms with van der Waals surface area (Å²) in [6.07, 6.45) is 1.57. The lowest BCUT2D eigenvalue weighted by Crippen LogP contribution is -2.11. The molecule has 1 heterocycles. The Hall–Kier alpha value is -3.02. The van der Waals surface area contributed by atoms with E-state index in [1.807, 2.05) is 6.92 Å². The van der Waals surface area contributed by atoms with Crippen LogP contribution in [0.5, 0.6) is 5.75 Å². The highest BCUT2D eigenvalue weighted by Crippen LogP contribution is 2.24. The van der Waals surface area contributed by atoms with Crippen LogP contribution < -0.4 is 10.4 Å². The third kappa shape index (κ3) is 3.57. The lowest BCUT2D eigenvalue weighted by atomic mass is 10.1. The van der Waals surface area contributed by atoms with Gasteiger partial charge in [-0.2, -0.15) is 0 Å². The number of esters is 1. The number of benzene rings is 2. The highest BCUT2D eigenvalue weighted by Gasteiger charge is 2.16. The van der Waals surface area contributed by atoms with Gasteiger partial charge in [-0.05, 0) is 36.2 Å². The number of ether oxygens (including phenoxy) is 1. The molecule has 6 heteroatoms. The molecule has 3 aromatic rings. The molecule has 0 fully saturated rings. The fourth-order valence-electron chi connectivity index (χ4n) is 2.57. The van der Waals surface area contributed by atoms with Crippen molar-refractivity contribution in [1.82, 2.24) is 0 Å². The second kappa shape index (κ2) is 6.84. The highest BCUT2D eigenvalue weighted by molar-refractivity contribution is 5.92. The molecule has 0 aliphatic heterocycles. The van der Waals surface area contributed by atoms with Gasteiger partial charge in [-0.3, -0.25) is 0 Å². The normalized spacial score (nSPS) is 10.8. The molecule has 0 aliphatic rings. The summed E-state index contributed by atoms with van der Waals surface area (Å²) in [6, 6.07) is 8.62. The minimum absolute atomic E-state index is 0.0954. The van der Waals surface area contributed by atoms with Crippen LogP contribution in [0.3, 0.4) is 0 Å². The van der Waals surface area contributed by atoms with Gasteiger partial charge in [0.1, 0.15) is 23.0 Å². The van der Waals surface area contributed by atoms with E-state index in [4.69, 9.17) is 9.15 Å². The largest absolute Gasteiger partial charge is 0.423 e. The van der Waals surface area contributed by atoms with Gasteiger partial charge in [-0.1, -0.05) is 13.3 Å². The maximum absolute atomic E-state index is 13.6. The monoisotopic (exact) mass is 344 g/mol. The standard InChI is InChI=1S/C19H14F2O4/c1-2-3-11-8-18(22)25-17-10-13(5-7-14(11)17)24-19(23)15-6-4-12(20)9-16(15)21/h4-10H,2-3H2,1H3. The Kier molecular flexibility index (Phi) is 4.61. The van der Waals surface area contributed by atoms with Crippen LogP contribution in [-0.2, 0) is 6.42 Å². The zero-order chi connectivity index (χ0) is 18.0. The lowest BCUT2D eigenvalue weighted by Gasteiger charge is -2.08. The number of hydrogen-bond acceptors (Lipinski definition) is 4. The predicted octanol–water partition coefficient (Wildman–Crippen LogP) is 4.24.